The lowest BCUT2D eigenvalue weighted by Crippen LogP contribution is -2.19. The first-order valence-corrected chi connectivity index (χ1v) is 7.88. The third-order valence-electron chi connectivity index (χ3n) is 4.55. The summed E-state index contributed by atoms with van der Waals surface area (Å²) in [5.41, 5.74) is 2.77. The van der Waals surface area contributed by atoms with Crippen molar-refractivity contribution in [2.24, 2.45) is 5.41 Å². The van der Waals surface area contributed by atoms with Crippen LogP contribution in [0, 0.1) is 5.41 Å². The number of nitrogens with zero attached hydrogens (tertiary/aromatic N) is 1. The molecule has 1 aromatic carbocycles. The first kappa shape index (κ1) is 14.2. The van der Waals surface area contributed by atoms with E-state index in [1.165, 1.54) is 44.2 Å². The van der Waals surface area contributed by atoms with Gasteiger partial charge in [-0.15, -0.1) is 0 Å². The summed E-state index contributed by atoms with van der Waals surface area (Å²) in [6, 6.07) is 9.04. The summed E-state index contributed by atoms with van der Waals surface area (Å²) in [6.07, 6.45) is 9.71. The lowest BCUT2D eigenvalue weighted by Gasteiger charge is -2.22. The number of nitrogens with one attached hydrogen (secondary N) is 1. The van der Waals surface area contributed by atoms with Crippen molar-refractivity contribution in [3.63, 3.8) is 0 Å². The van der Waals surface area contributed by atoms with Gasteiger partial charge >= 0.3 is 0 Å². The van der Waals surface area contributed by atoms with Gasteiger partial charge in [0, 0.05) is 17.3 Å². The van der Waals surface area contributed by atoms with Crippen LogP contribution in [0.3, 0.4) is 0 Å². The molecule has 1 unspecified atom stereocenters. The zero-order chi connectivity index (χ0) is 14.7. The molecule has 0 amide bonds. The van der Waals surface area contributed by atoms with E-state index in [1.807, 2.05) is 0 Å². The van der Waals surface area contributed by atoms with Crippen molar-refractivity contribution in [2.45, 2.75) is 52.0 Å². The van der Waals surface area contributed by atoms with Gasteiger partial charge in [0.1, 0.15) is 0 Å². The summed E-state index contributed by atoms with van der Waals surface area (Å²) in [4.78, 5) is 3.96. The molecule has 0 bridgehead atoms. The minimum absolute atomic E-state index is 0.507. The maximum atomic E-state index is 5.32. The molecule has 21 heavy (non-hydrogen) atoms. The molecular weight excluding hydrogens is 260 g/mol. The number of rotatable bonds is 3. The third kappa shape index (κ3) is 3.66. The maximum Gasteiger partial charge on any atom is 0.181 e. The average molecular weight is 284 g/mol. The molecule has 0 aliphatic heterocycles. The number of anilines is 1. The summed E-state index contributed by atoms with van der Waals surface area (Å²) >= 11 is 0. The second-order valence-electron chi connectivity index (χ2n) is 6.88. The van der Waals surface area contributed by atoms with E-state index in [1.54, 1.807) is 6.20 Å². The molecule has 2 aromatic rings. The molecule has 1 fully saturated rings. The summed E-state index contributed by atoms with van der Waals surface area (Å²) in [5, 5.41) is 3.68. The quantitative estimate of drug-likeness (QED) is 0.796. The second kappa shape index (κ2) is 5.92. The molecule has 3 nitrogen and oxygen atoms in total. The topological polar surface area (TPSA) is 38.1 Å². The SMILES string of the molecule is CC1(C)CCCC(Nc2ccc(-c3cnco3)cc2)CC1. The second-order valence-corrected chi connectivity index (χ2v) is 6.88. The predicted molar refractivity (Wildman–Crippen MR) is 86.2 cm³/mol. The fourth-order valence-corrected chi connectivity index (χ4v) is 3.13. The van der Waals surface area contributed by atoms with Crippen molar-refractivity contribution in [3.05, 3.63) is 36.9 Å². The van der Waals surface area contributed by atoms with E-state index in [0.29, 0.717) is 11.5 Å². The van der Waals surface area contributed by atoms with Crippen LogP contribution in [0.2, 0.25) is 0 Å². The number of benzene rings is 1. The Morgan fingerprint density at radius 2 is 1.95 bits per heavy atom. The molecule has 1 N–H and O–H groups in total. The Balaban J connectivity index is 1.63. The van der Waals surface area contributed by atoms with E-state index in [0.717, 1.165) is 11.3 Å². The average Bonchev–Trinajstić information content (AvgIpc) is 2.94. The fraction of sp³-hybridized carbons (Fsp3) is 0.500. The van der Waals surface area contributed by atoms with Gasteiger partial charge < -0.3 is 9.73 Å². The monoisotopic (exact) mass is 284 g/mol. The molecule has 0 saturated heterocycles. The molecule has 1 heterocycles. The van der Waals surface area contributed by atoms with Crippen molar-refractivity contribution >= 4 is 5.69 Å². The number of oxazole rings is 1. The fourth-order valence-electron chi connectivity index (χ4n) is 3.13. The first-order valence-electron chi connectivity index (χ1n) is 7.88. The van der Waals surface area contributed by atoms with Crippen LogP contribution in [0.25, 0.3) is 11.3 Å². The van der Waals surface area contributed by atoms with Crippen LogP contribution in [0.15, 0.2) is 41.3 Å². The van der Waals surface area contributed by atoms with Crippen molar-refractivity contribution in [3.8, 4) is 11.3 Å². The van der Waals surface area contributed by atoms with E-state index in [2.05, 4.69) is 48.4 Å². The van der Waals surface area contributed by atoms with Crippen LogP contribution in [0.5, 0.6) is 0 Å². The normalized spacial score (nSPS) is 21.7. The van der Waals surface area contributed by atoms with E-state index in [-0.39, 0.29) is 0 Å². The largest absolute Gasteiger partial charge is 0.444 e. The Kier molecular flexibility index (Phi) is 4.00. The molecular formula is C18H24N2O. The molecule has 0 radical (unpaired) electrons. The van der Waals surface area contributed by atoms with Gasteiger partial charge in [-0.2, -0.15) is 0 Å². The smallest absolute Gasteiger partial charge is 0.181 e. The number of hydrogen-bond donors (Lipinski definition) is 1. The summed E-state index contributed by atoms with van der Waals surface area (Å²) in [7, 11) is 0. The van der Waals surface area contributed by atoms with Crippen LogP contribution in [-0.2, 0) is 0 Å². The van der Waals surface area contributed by atoms with E-state index >= 15 is 0 Å². The van der Waals surface area contributed by atoms with Crippen molar-refractivity contribution in [1.29, 1.82) is 0 Å². The van der Waals surface area contributed by atoms with Crippen LogP contribution in [-0.4, -0.2) is 11.0 Å². The standard InChI is InChI=1S/C18H24N2O/c1-18(2)10-3-4-15(9-11-18)20-16-7-5-14(6-8-16)17-12-19-13-21-17/h5-8,12-13,15,20H,3-4,9-11H2,1-2H3. The zero-order valence-corrected chi connectivity index (χ0v) is 12.9. The molecule has 0 spiro atoms. The van der Waals surface area contributed by atoms with Gasteiger partial charge in [0.05, 0.1) is 6.20 Å². The van der Waals surface area contributed by atoms with Gasteiger partial charge in [-0.25, -0.2) is 4.98 Å². The highest BCUT2D eigenvalue weighted by atomic mass is 16.3. The Morgan fingerprint density at radius 3 is 2.67 bits per heavy atom. The number of aromatic nitrogens is 1. The van der Waals surface area contributed by atoms with Gasteiger partial charge in [-0.1, -0.05) is 20.3 Å². The minimum Gasteiger partial charge on any atom is -0.444 e. The highest BCUT2D eigenvalue weighted by Gasteiger charge is 2.24. The maximum absolute atomic E-state index is 5.32. The molecule has 3 rings (SSSR count). The highest BCUT2D eigenvalue weighted by molar-refractivity contribution is 5.60. The molecule has 1 atom stereocenters. The van der Waals surface area contributed by atoms with Gasteiger partial charge in [-0.05, 0) is 55.4 Å². The van der Waals surface area contributed by atoms with E-state index < -0.39 is 0 Å². The van der Waals surface area contributed by atoms with Crippen molar-refractivity contribution in [1.82, 2.24) is 4.98 Å². The number of hydrogen-bond acceptors (Lipinski definition) is 3. The molecule has 1 aliphatic rings. The Hall–Kier alpha value is -1.77. The van der Waals surface area contributed by atoms with Crippen molar-refractivity contribution < 1.29 is 4.42 Å². The van der Waals surface area contributed by atoms with Crippen molar-refractivity contribution in [2.75, 3.05) is 5.32 Å². The lowest BCUT2D eigenvalue weighted by atomic mass is 9.85. The Morgan fingerprint density at radius 1 is 1.14 bits per heavy atom. The first-order chi connectivity index (χ1) is 10.1. The molecule has 112 valence electrons. The van der Waals surface area contributed by atoms with Gasteiger partial charge in [-0.3, -0.25) is 0 Å². The van der Waals surface area contributed by atoms with E-state index in [4.69, 9.17) is 4.42 Å². The van der Waals surface area contributed by atoms with Gasteiger partial charge in [0.15, 0.2) is 12.2 Å². The molecule has 3 heteroatoms. The minimum atomic E-state index is 0.507. The van der Waals surface area contributed by atoms with Gasteiger partial charge in [0.25, 0.3) is 0 Å². The molecule has 1 aromatic heterocycles. The Labute approximate surface area is 126 Å². The van der Waals surface area contributed by atoms with Crippen LogP contribution in [0.1, 0.15) is 46.0 Å². The lowest BCUT2D eigenvalue weighted by molar-refractivity contribution is 0.313. The summed E-state index contributed by atoms with van der Waals surface area (Å²) < 4.78 is 5.32. The Bertz CT molecular complexity index is 557. The highest BCUT2D eigenvalue weighted by Crippen LogP contribution is 2.34. The van der Waals surface area contributed by atoms with Crippen LogP contribution >= 0.6 is 0 Å². The molecule has 1 saturated carbocycles. The van der Waals surface area contributed by atoms with Gasteiger partial charge in [0.2, 0.25) is 0 Å². The summed E-state index contributed by atoms with van der Waals surface area (Å²) in [6.45, 7) is 4.78. The van der Waals surface area contributed by atoms with E-state index in [9.17, 15) is 0 Å². The molecule has 1 aliphatic carbocycles. The summed E-state index contributed by atoms with van der Waals surface area (Å²) in [5.74, 6) is 0.817. The van der Waals surface area contributed by atoms with Crippen LogP contribution in [0.4, 0.5) is 5.69 Å². The predicted octanol–water partition coefficient (Wildman–Crippen LogP) is 5.11. The van der Waals surface area contributed by atoms with Crippen LogP contribution < -0.4 is 5.32 Å². The zero-order valence-electron chi connectivity index (χ0n) is 12.9. The third-order valence-corrected chi connectivity index (χ3v) is 4.55.